The summed E-state index contributed by atoms with van der Waals surface area (Å²) in [5.41, 5.74) is 4.44. The molecule has 0 saturated carbocycles. The molecule has 4 nitrogen and oxygen atoms in total. The summed E-state index contributed by atoms with van der Waals surface area (Å²) >= 11 is 1.48. The highest BCUT2D eigenvalue weighted by Gasteiger charge is 2.11. The number of hydrogen-bond donors (Lipinski definition) is 1. The number of nitrogens with zero attached hydrogens (tertiary/aromatic N) is 1. The van der Waals surface area contributed by atoms with E-state index in [1.54, 1.807) is 0 Å². The quantitative estimate of drug-likeness (QED) is 0.697. The lowest BCUT2D eigenvalue weighted by molar-refractivity contribution is -0.118. The number of hydrogen-bond acceptors (Lipinski definition) is 4. The Hall–Kier alpha value is -2.40. The predicted octanol–water partition coefficient (Wildman–Crippen LogP) is 5.05. The van der Waals surface area contributed by atoms with Crippen molar-refractivity contribution in [2.24, 2.45) is 0 Å². The van der Waals surface area contributed by atoms with Gasteiger partial charge in [0.05, 0.1) is 10.2 Å². The van der Waals surface area contributed by atoms with Gasteiger partial charge in [-0.25, -0.2) is 4.98 Å². The molecule has 1 N–H and O–H groups in total. The second-order valence-electron chi connectivity index (χ2n) is 6.51. The van der Waals surface area contributed by atoms with Crippen molar-refractivity contribution in [2.45, 2.75) is 33.6 Å². The maximum Gasteiger partial charge on any atom is 0.264 e. The molecular weight excluding hydrogens is 332 g/mol. The zero-order chi connectivity index (χ0) is 18.0. The van der Waals surface area contributed by atoms with Crippen molar-refractivity contribution in [3.63, 3.8) is 0 Å². The minimum atomic E-state index is -0.205. The summed E-state index contributed by atoms with van der Waals surface area (Å²) in [6, 6.07) is 12.0. The van der Waals surface area contributed by atoms with Gasteiger partial charge in [0.1, 0.15) is 5.75 Å². The number of carbonyl (C=O) groups is 1. The summed E-state index contributed by atoms with van der Waals surface area (Å²) in [4.78, 5) is 16.7. The summed E-state index contributed by atoms with van der Waals surface area (Å²) in [6.45, 7) is 8.32. The van der Waals surface area contributed by atoms with Crippen LogP contribution in [0.3, 0.4) is 0 Å². The molecule has 0 fully saturated rings. The number of amides is 1. The SMILES string of the molecule is Cc1cc(C)c2nc(NC(=O)COc3cccc(C(C)C)c3)sc2c1. The molecule has 0 aliphatic rings. The van der Waals surface area contributed by atoms with E-state index in [0.29, 0.717) is 16.8 Å². The molecule has 2 aromatic carbocycles. The van der Waals surface area contributed by atoms with E-state index in [4.69, 9.17) is 4.74 Å². The van der Waals surface area contributed by atoms with E-state index in [1.165, 1.54) is 22.5 Å². The minimum Gasteiger partial charge on any atom is -0.484 e. The Labute approximate surface area is 151 Å². The first-order valence-corrected chi connectivity index (χ1v) is 9.14. The average Bonchev–Trinajstić information content (AvgIpc) is 2.95. The standard InChI is InChI=1S/C20H22N2O2S/c1-12(2)15-6-5-7-16(10-15)24-11-18(23)21-20-22-19-14(4)8-13(3)9-17(19)25-20/h5-10,12H,11H2,1-4H3,(H,21,22,23). The van der Waals surface area contributed by atoms with Gasteiger partial charge in [-0.3, -0.25) is 10.1 Å². The van der Waals surface area contributed by atoms with Crippen molar-refractivity contribution < 1.29 is 9.53 Å². The first-order chi connectivity index (χ1) is 11.9. The van der Waals surface area contributed by atoms with Crippen LogP contribution in [0.5, 0.6) is 5.75 Å². The van der Waals surface area contributed by atoms with Gasteiger partial charge >= 0.3 is 0 Å². The first kappa shape index (κ1) is 17.4. The molecule has 0 bridgehead atoms. The molecule has 1 heterocycles. The number of nitrogens with one attached hydrogen (secondary N) is 1. The third-order valence-corrected chi connectivity index (χ3v) is 4.89. The van der Waals surface area contributed by atoms with Crippen LogP contribution < -0.4 is 10.1 Å². The van der Waals surface area contributed by atoms with Crippen LogP contribution in [-0.2, 0) is 4.79 Å². The van der Waals surface area contributed by atoms with Crippen molar-refractivity contribution in [3.05, 3.63) is 53.1 Å². The fourth-order valence-electron chi connectivity index (χ4n) is 2.69. The zero-order valence-corrected chi connectivity index (χ0v) is 15.7. The van der Waals surface area contributed by atoms with Crippen molar-refractivity contribution >= 4 is 32.6 Å². The molecule has 5 heteroatoms. The molecule has 130 valence electrons. The van der Waals surface area contributed by atoms with Crippen molar-refractivity contribution in [3.8, 4) is 5.75 Å². The highest BCUT2D eigenvalue weighted by molar-refractivity contribution is 7.22. The molecule has 1 amide bonds. The molecule has 0 aliphatic carbocycles. The minimum absolute atomic E-state index is 0.0323. The first-order valence-electron chi connectivity index (χ1n) is 8.33. The molecule has 3 aromatic rings. The molecule has 0 unspecified atom stereocenters. The van der Waals surface area contributed by atoms with Crippen LogP contribution in [0.2, 0.25) is 0 Å². The molecule has 0 saturated heterocycles. The number of fused-ring (bicyclic) bond motifs is 1. The summed E-state index contributed by atoms with van der Waals surface area (Å²) in [5.74, 6) is 0.923. The van der Waals surface area contributed by atoms with Gasteiger partial charge in [0.15, 0.2) is 11.7 Å². The van der Waals surface area contributed by atoms with E-state index < -0.39 is 0 Å². The summed E-state index contributed by atoms with van der Waals surface area (Å²) in [7, 11) is 0. The van der Waals surface area contributed by atoms with Gasteiger partial charge in [-0.2, -0.15) is 0 Å². The second-order valence-corrected chi connectivity index (χ2v) is 7.54. The topological polar surface area (TPSA) is 51.2 Å². The van der Waals surface area contributed by atoms with Gasteiger partial charge in [-0.1, -0.05) is 43.4 Å². The number of anilines is 1. The van der Waals surface area contributed by atoms with E-state index in [2.05, 4.69) is 49.3 Å². The number of thiazole rings is 1. The van der Waals surface area contributed by atoms with Gasteiger partial charge in [0.25, 0.3) is 5.91 Å². The number of rotatable bonds is 5. The van der Waals surface area contributed by atoms with E-state index in [-0.39, 0.29) is 12.5 Å². The van der Waals surface area contributed by atoms with Crippen molar-refractivity contribution in [2.75, 3.05) is 11.9 Å². The van der Waals surface area contributed by atoms with Gasteiger partial charge in [-0.15, -0.1) is 0 Å². The molecule has 0 spiro atoms. The maximum absolute atomic E-state index is 12.2. The van der Waals surface area contributed by atoms with Gasteiger partial charge in [0.2, 0.25) is 0 Å². The van der Waals surface area contributed by atoms with E-state index in [1.807, 2.05) is 25.1 Å². The highest BCUT2D eigenvalue weighted by Crippen LogP contribution is 2.29. The Morgan fingerprint density at radius 1 is 1.24 bits per heavy atom. The number of benzene rings is 2. The third kappa shape index (κ3) is 4.17. The lowest BCUT2D eigenvalue weighted by Crippen LogP contribution is -2.20. The molecule has 0 radical (unpaired) electrons. The fourth-order valence-corrected chi connectivity index (χ4v) is 3.75. The summed E-state index contributed by atoms with van der Waals surface area (Å²) in [6.07, 6.45) is 0. The largest absolute Gasteiger partial charge is 0.484 e. The van der Waals surface area contributed by atoms with Crippen LogP contribution in [-0.4, -0.2) is 17.5 Å². The van der Waals surface area contributed by atoms with Crippen LogP contribution in [0.1, 0.15) is 36.5 Å². The van der Waals surface area contributed by atoms with Crippen LogP contribution in [0.4, 0.5) is 5.13 Å². The average molecular weight is 354 g/mol. The molecule has 0 aliphatic heterocycles. The van der Waals surface area contributed by atoms with E-state index in [9.17, 15) is 4.79 Å². The zero-order valence-electron chi connectivity index (χ0n) is 14.9. The summed E-state index contributed by atoms with van der Waals surface area (Å²) in [5, 5.41) is 3.43. The molecule has 0 atom stereocenters. The monoisotopic (exact) mass is 354 g/mol. The number of aryl methyl sites for hydroxylation is 2. The molecule has 25 heavy (non-hydrogen) atoms. The lowest BCUT2D eigenvalue weighted by atomic mass is 10.0. The van der Waals surface area contributed by atoms with Crippen LogP contribution in [0.25, 0.3) is 10.2 Å². The van der Waals surface area contributed by atoms with Gasteiger partial charge in [-0.05, 0) is 54.7 Å². The van der Waals surface area contributed by atoms with Crippen LogP contribution >= 0.6 is 11.3 Å². The third-order valence-electron chi connectivity index (χ3n) is 3.97. The van der Waals surface area contributed by atoms with Crippen molar-refractivity contribution in [1.29, 1.82) is 0 Å². The second kappa shape index (κ2) is 7.23. The fraction of sp³-hybridized carbons (Fsp3) is 0.300. The van der Waals surface area contributed by atoms with Gasteiger partial charge < -0.3 is 4.74 Å². The van der Waals surface area contributed by atoms with E-state index in [0.717, 1.165) is 15.8 Å². The summed E-state index contributed by atoms with van der Waals surface area (Å²) < 4.78 is 6.69. The lowest BCUT2D eigenvalue weighted by Gasteiger charge is -2.09. The Balaban J connectivity index is 1.65. The predicted molar refractivity (Wildman–Crippen MR) is 104 cm³/mol. The number of aromatic nitrogens is 1. The molecular formula is C20H22N2O2S. The Morgan fingerprint density at radius 3 is 2.80 bits per heavy atom. The Bertz CT molecular complexity index is 915. The van der Waals surface area contributed by atoms with Crippen molar-refractivity contribution in [1.82, 2.24) is 4.98 Å². The highest BCUT2D eigenvalue weighted by atomic mass is 32.1. The Morgan fingerprint density at radius 2 is 2.04 bits per heavy atom. The molecule has 1 aromatic heterocycles. The van der Waals surface area contributed by atoms with Crippen LogP contribution in [0.15, 0.2) is 36.4 Å². The van der Waals surface area contributed by atoms with Crippen LogP contribution in [0, 0.1) is 13.8 Å². The normalized spacial score (nSPS) is 11.1. The Kier molecular flexibility index (Phi) is 5.04. The van der Waals surface area contributed by atoms with E-state index >= 15 is 0 Å². The van der Waals surface area contributed by atoms with Gasteiger partial charge in [0, 0.05) is 0 Å². The number of ether oxygens (including phenoxy) is 1. The molecule has 3 rings (SSSR count). The smallest absolute Gasteiger partial charge is 0.264 e. The maximum atomic E-state index is 12.2. The number of carbonyl (C=O) groups excluding carboxylic acids is 1.